The van der Waals surface area contributed by atoms with E-state index in [0.29, 0.717) is 16.0 Å². The first-order valence-corrected chi connectivity index (χ1v) is 9.96. The van der Waals surface area contributed by atoms with Crippen molar-refractivity contribution < 1.29 is 18.1 Å². The molecule has 140 valence electrons. The van der Waals surface area contributed by atoms with Crippen LogP contribution in [0, 0.1) is 10.1 Å². The fourth-order valence-electron chi connectivity index (χ4n) is 2.37. The zero-order chi connectivity index (χ0) is 19.8. The van der Waals surface area contributed by atoms with Gasteiger partial charge in [0.1, 0.15) is 0 Å². The topological polar surface area (TPSA) is 110 Å². The Morgan fingerprint density at radius 1 is 1.11 bits per heavy atom. The molecular weight excluding hydrogens is 390 g/mol. The summed E-state index contributed by atoms with van der Waals surface area (Å²) in [6.07, 6.45) is 0. The number of anilines is 1. The minimum Gasteiger partial charge on any atom is -0.321 e. The molecule has 0 atom stereocenters. The summed E-state index contributed by atoms with van der Waals surface area (Å²) in [5.41, 5.74) is 0.408. The molecule has 0 aliphatic carbocycles. The molecule has 0 saturated carbocycles. The minimum absolute atomic E-state index is 0.0371. The molecule has 0 aliphatic heterocycles. The van der Waals surface area contributed by atoms with Crippen LogP contribution in [0.2, 0.25) is 0 Å². The lowest BCUT2D eigenvalue weighted by Crippen LogP contribution is -2.22. The SMILES string of the molecule is CN(C)S(=O)(=O)c1ccc(NC(=O)c2cc3cc([N+](=O)[O-])ccc3s2)cc1. The van der Waals surface area contributed by atoms with Gasteiger partial charge in [-0.25, -0.2) is 12.7 Å². The highest BCUT2D eigenvalue weighted by Crippen LogP contribution is 2.29. The molecule has 0 fully saturated rings. The number of nitro groups is 1. The largest absolute Gasteiger partial charge is 0.321 e. The zero-order valence-corrected chi connectivity index (χ0v) is 16.0. The van der Waals surface area contributed by atoms with Crippen LogP contribution in [0.5, 0.6) is 0 Å². The molecule has 1 aromatic heterocycles. The fraction of sp³-hybridized carbons (Fsp3) is 0.118. The number of nitrogens with zero attached hydrogens (tertiary/aromatic N) is 2. The predicted molar refractivity (Wildman–Crippen MR) is 104 cm³/mol. The van der Waals surface area contributed by atoms with Gasteiger partial charge in [-0.15, -0.1) is 11.3 Å². The van der Waals surface area contributed by atoms with Crippen molar-refractivity contribution in [1.29, 1.82) is 0 Å². The molecule has 27 heavy (non-hydrogen) atoms. The van der Waals surface area contributed by atoms with Crippen LogP contribution >= 0.6 is 11.3 Å². The Labute approximate surface area is 159 Å². The maximum absolute atomic E-state index is 12.4. The number of hydrogen-bond donors (Lipinski definition) is 1. The molecule has 3 aromatic rings. The Hall–Kier alpha value is -2.82. The lowest BCUT2D eigenvalue weighted by molar-refractivity contribution is -0.384. The lowest BCUT2D eigenvalue weighted by Gasteiger charge is -2.11. The number of nitro benzene ring substituents is 1. The number of non-ortho nitro benzene ring substituents is 1. The average molecular weight is 405 g/mol. The molecule has 0 saturated heterocycles. The second-order valence-electron chi connectivity index (χ2n) is 5.86. The molecule has 0 unspecified atom stereocenters. The van der Waals surface area contributed by atoms with Crippen LogP contribution in [0.1, 0.15) is 9.67 Å². The van der Waals surface area contributed by atoms with Gasteiger partial charge in [0.05, 0.1) is 14.7 Å². The normalized spacial score (nSPS) is 11.7. The monoisotopic (exact) mass is 405 g/mol. The van der Waals surface area contributed by atoms with Crippen LogP contribution in [0.3, 0.4) is 0 Å². The third kappa shape index (κ3) is 3.82. The first kappa shape index (κ1) is 19.0. The van der Waals surface area contributed by atoms with Crippen molar-refractivity contribution in [1.82, 2.24) is 4.31 Å². The van der Waals surface area contributed by atoms with Crippen LogP contribution in [-0.4, -0.2) is 37.6 Å². The molecule has 0 radical (unpaired) electrons. The number of nitrogens with one attached hydrogen (secondary N) is 1. The van der Waals surface area contributed by atoms with Gasteiger partial charge in [-0.05, 0) is 36.4 Å². The highest BCUT2D eigenvalue weighted by atomic mass is 32.2. The lowest BCUT2D eigenvalue weighted by atomic mass is 10.2. The second kappa shape index (κ2) is 7.06. The molecule has 10 heteroatoms. The summed E-state index contributed by atoms with van der Waals surface area (Å²) in [5.74, 6) is -0.373. The first-order valence-electron chi connectivity index (χ1n) is 7.70. The molecular formula is C17H15N3O5S2. The van der Waals surface area contributed by atoms with E-state index in [1.165, 1.54) is 61.8 Å². The van der Waals surface area contributed by atoms with Gasteiger partial charge >= 0.3 is 0 Å². The molecule has 1 amide bonds. The molecule has 0 aliphatic rings. The molecule has 2 aromatic carbocycles. The maximum Gasteiger partial charge on any atom is 0.270 e. The van der Waals surface area contributed by atoms with Crippen LogP contribution in [0.25, 0.3) is 10.1 Å². The summed E-state index contributed by atoms with van der Waals surface area (Å²) >= 11 is 1.22. The van der Waals surface area contributed by atoms with Gasteiger partial charge in [-0.3, -0.25) is 14.9 Å². The third-order valence-corrected chi connectivity index (χ3v) is 6.77. The summed E-state index contributed by atoms with van der Waals surface area (Å²) in [6.45, 7) is 0. The van der Waals surface area contributed by atoms with E-state index < -0.39 is 14.9 Å². The zero-order valence-electron chi connectivity index (χ0n) is 14.4. The number of sulfonamides is 1. The van der Waals surface area contributed by atoms with Crippen molar-refractivity contribution in [3.05, 3.63) is 63.5 Å². The van der Waals surface area contributed by atoms with Gasteiger partial charge in [-0.1, -0.05) is 0 Å². The van der Waals surface area contributed by atoms with Gasteiger partial charge in [-0.2, -0.15) is 0 Å². The van der Waals surface area contributed by atoms with E-state index in [0.717, 1.165) is 9.01 Å². The van der Waals surface area contributed by atoms with Crippen molar-refractivity contribution in [2.75, 3.05) is 19.4 Å². The van der Waals surface area contributed by atoms with Crippen molar-refractivity contribution in [3.8, 4) is 0 Å². The van der Waals surface area contributed by atoms with E-state index in [9.17, 15) is 23.3 Å². The van der Waals surface area contributed by atoms with Gasteiger partial charge in [0, 0.05) is 42.0 Å². The Kier molecular flexibility index (Phi) is 4.96. The Morgan fingerprint density at radius 3 is 2.37 bits per heavy atom. The Morgan fingerprint density at radius 2 is 1.78 bits per heavy atom. The number of carbonyl (C=O) groups excluding carboxylic acids is 1. The summed E-state index contributed by atoms with van der Waals surface area (Å²) in [6, 6.07) is 11.9. The van der Waals surface area contributed by atoms with E-state index >= 15 is 0 Å². The average Bonchev–Trinajstić information content (AvgIpc) is 3.05. The molecule has 0 bridgehead atoms. The van der Waals surface area contributed by atoms with Gasteiger partial charge in [0.25, 0.3) is 11.6 Å². The van der Waals surface area contributed by atoms with Crippen LogP contribution in [-0.2, 0) is 10.0 Å². The summed E-state index contributed by atoms with van der Waals surface area (Å²) in [5, 5.41) is 14.2. The van der Waals surface area contributed by atoms with Crippen LogP contribution in [0.4, 0.5) is 11.4 Å². The van der Waals surface area contributed by atoms with Crippen molar-refractivity contribution in [3.63, 3.8) is 0 Å². The highest BCUT2D eigenvalue weighted by molar-refractivity contribution is 7.89. The Balaban J connectivity index is 1.81. The van der Waals surface area contributed by atoms with Crippen LogP contribution in [0.15, 0.2) is 53.4 Å². The van der Waals surface area contributed by atoms with Crippen LogP contribution < -0.4 is 5.32 Å². The number of benzene rings is 2. The summed E-state index contributed by atoms with van der Waals surface area (Å²) in [7, 11) is -0.653. The standard InChI is InChI=1S/C17H15N3O5S2/c1-19(2)27(24,25)14-6-3-12(4-7-14)18-17(21)16-10-11-9-13(20(22)23)5-8-15(11)26-16/h3-10H,1-2H3,(H,18,21). The van der Waals surface area contributed by atoms with E-state index in [1.807, 2.05) is 0 Å². The maximum atomic E-state index is 12.4. The fourth-order valence-corrected chi connectivity index (χ4v) is 4.21. The van der Waals surface area contributed by atoms with E-state index in [1.54, 1.807) is 12.1 Å². The summed E-state index contributed by atoms with van der Waals surface area (Å²) < 4.78 is 26.0. The van der Waals surface area contributed by atoms with Crippen molar-refractivity contribution >= 4 is 48.7 Å². The number of hydrogen-bond acceptors (Lipinski definition) is 6. The van der Waals surface area contributed by atoms with Crippen molar-refractivity contribution in [2.45, 2.75) is 4.90 Å². The molecule has 3 rings (SSSR count). The molecule has 1 N–H and O–H groups in total. The van der Waals surface area contributed by atoms with Gasteiger partial charge in [0.15, 0.2) is 0 Å². The second-order valence-corrected chi connectivity index (χ2v) is 9.09. The third-order valence-electron chi connectivity index (χ3n) is 3.83. The van der Waals surface area contributed by atoms with E-state index in [-0.39, 0.29) is 16.5 Å². The molecule has 0 spiro atoms. The van der Waals surface area contributed by atoms with Gasteiger partial charge < -0.3 is 5.32 Å². The van der Waals surface area contributed by atoms with E-state index in [2.05, 4.69) is 5.32 Å². The number of carbonyl (C=O) groups is 1. The highest BCUT2D eigenvalue weighted by Gasteiger charge is 2.17. The minimum atomic E-state index is -3.54. The predicted octanol–water partition coefficient (Wildman–Crippen LogP) is 3.31. The number of rotatable bonds is 5. The van der Waals surface area contributed by atoms with E-state index in [4.69, 9.17) is 0 Å². The first-order chi connectivity index (χ1) is 12.7. The summed E-state index contributed by atoms with van der Waals surface area (Å²) in [4.78, 5) is 23.3. The quantitative estimate of drug-likeness (QED) is 0.517. The Bertz CT molecular complexity index is 1140. The van der Waals surface area contributed by atoms with Gasteiger partial charge in [0.2, 0.25) is 10.0 Å². The molecule has 8 nitrogen and oxygen atoms in total. The smallest absolute Gasteiger partial charge is 0.270 e. The number of amides is 1. The molecule has 1 heterocycles. The number of fused-ring (bicyclic) bond motifs is 1. The number of thiophene rings is 1. The van der Waals surface area contributed by atoms with Crippen molar-refractivity contribution in [2.24, 2.45) is 0 Å².